The Kier molecular flexibility index (Phi) is 5.02. The van der Waals surface area contributed by atoms with Crippen molar-refractivity contribution in [3.05, 3.63) is 146 Å². The van der Waals surface area contributed by atoms with Crippen molar-refractivity contribution in [1.29, 1.82) is 0 Å². The van der Waals surface area contributed by atoms with Crippen LogP contribution in [0.25, 0.3) is 88.2 Å². The molecule has 3 aromatic heterocycles. The Morgan fingerprint density at radius 3 is 2.13 bits per heavy atom. The maximum Gasteiger partial charge on any atom is 0.235 e. The third kappa shape index (κ3) is 3.38. The summed E-state index contributed by atoms with van der Waals surface area (Å²) in [5.41, 5.74) is 8.75. The van der Waals surface area contributed by atoms with Gasteiger partial charge in [0.1, 0.15) is 0 Å². The van der Waals surface area contributed by atoms with Gasteiger partial charge in [0.2, 0.25) is 5.95 Å². The molecule has 0 spiro atoms. The molecule has 1 aliphatic heterocycles. The summed E-state index contributed by atoms with van der Waals surface area (Å²) in [5.74, 6) is 0.680. The first-order valence-corrected chi connectivity index (χ1v) is 16.7. The lowest BCUT2D eigenvalue weighted by Crippen LogP contribution is -2.06. The van der Waals surface area contributed by atoms with Crippen LogP contribution in [0.3, 0.4) is 0 Å². The number of aromatic nitrogens is 4. The van der Waals surface area contributed by atoms with E-state index in [-0.39, 0.29) is 0 Å². The number of para-hydroxylation sites is 2. The molecule has 0 saturated heterocycles. The van der Waals surface area contributed by atoms with E-state index in [1.807, 2.05) is 0 Å². The monoisotopic (exact) mass is 616 g/mol. The summed E-state index contributed by atoms with van der Waals surface area (Å²) in [6, 6.07) is 52.2. The maximum atomic E-state index is 5.46. The second-order valence-corrected chi connectivity index (χ2v) is 13.3. The first kappa shape index (κ1) is 25.3. The van der Waals surface area contributed by atoms with E-state index in [4.69, 9.17) is 9.97 Å². The molecule has 0 radical (unpaired) electrons. The van der Waals surface area contributed by atoms with E-state index < -0.39 is 0 Å². The second-order valence-electron chi connectivity index (χ2n) is 12.2. The molecule has 7 aromatic carbocycles. The molecule has 0 N–H and O–H groups in total. The second kappa shape index (κ2) is 9.32. The standard InChI is InChI=1S/C42H24N4S/c1-2-12-26(13-3-1)45-34-24-21-25-11-4-5-14-27(25)37(34)31-23-22-29-28-15-6-8-18-33(28)46(40(29)41(31)45)42-43-32-17-10-20-36-38(32)39(44-42)30-16-7-9-19-35(30)47-36/h1-24H. The van der Waals surface area contributed by atoms with Crippen molar-refractivity contribution in [3.63, 3.8) is 0 Å². The summed E-state index contributed by atoms with van der Waals surface area (Å²) >= 11 is 1.80. The van der Waals surface area contributed by atoms with E-state index in [9.17, 15) is 0 Å². The lowest BCUT2D eigenvalue weighted by molar-refractivity contribution is 1.01. The Hall–Kier alpha value is -5.91. The minimum Gasteiger partial charge on any atom is -0.307 e. The molecule has 1 aliphatic rings. The summed E-state index contributed by atoms with van der Waals surface area (Å²) in [4.78, 5) is 13.2. The minimum atomic E-state index is 0.680. The Bertz CT molecular complexity index is 2940. The maximum absolute atomic E-state index is 5.46. The van der Waals surface area contributed by atoms with Crippen molar-refractivity contribution in [3.8, 4) is 22.9 Å². The molecule has 4 heterocycles. The predicted octanol–water partition coefficient (Wildman–Crippen LogP) is 11.1. The molecule has 5 heteroatoms. The fraction of sp³-hybridized carbons (Fsp3) is 0. The van der Waals surface area contributed by atoms with Gasteiger partial charge in [-0.3, -0.25) is 4.57 Å². The van der Waals surface area contributed by atoms with E-state index in [1.54, 1.807) is 11.8 Å². The molecule has 0 saturated carbocycles. The van der Waals surface area contributed by atoms with Crippen LogP contribution in [-0.2, 0) is 0 Å². The van der Waals surface area contributed by atoms with Crippen molar-refractivity contribution < 1.29 is 0 Å². The van der Waals surface area contributed by atoms with Crippen LogP contribution in [0.5, 0.6) is 0 Å². The van der Waals surface area contributed by atoms with E-state index >= 15 is 0 Å². The molecule has 0 bridgehead atoms. The molecule has 47 heavy (non-hydrogen) atoms. The van der Waals surface area contributed by atoms with Gasteiger partial charge in [0.05, 0.1) is 33.3 Å². The van der Waals surface area contributed by atoms with E-state index in [1.165, 1.54) is 47.6 Å². The normalized spacial score (nSPS) is 12.6. The quantitative estimate of drug-likeness (QED) is 0.194. The number of nitrogens with zero attached hydrogens (tertiary/aromatic N) is 4. The summed E-state index contributed by atoms with van der Waals surface area (Å²) in [5, 5.41) is 8.43. The summed E-state index contributed by atoms with van der Waals surface area (Å²) in [6.07, 6.45) is 0. The predicted molar refractivity (Wildman–Crippen MR) is 195 cm³/mol. The van der Waals surface area contributed by atoms with Crippen LogP contribution in [-0.4, -0.2) is 19.1 Å². The SMILES string of the molecule is c1ccc(-n2c3ccc4ccccc4c3c3ccc4c5ccccc5n(-c5nc6c7c(cccc7n5)Sc5ccccc5-6)c4c32)cc1. The first-order valence-electron chi connectivity index (χ1n) is 15.9. The molecule has 10 aromatic rings. The van der Waals surface area contributed by atoms with Crippen LogP contribution in [0.15, 0.2) is 155 Å². The molecular weight excluding hydrogens is 593 g/mol. The van der Waals surface area contributed by atoms with Crippen LogP contribution in [0.4, 0.5) is 0 Å². The zero-order valence-corrected chi connectivity index (χ0v) is 25.9. The lowest BCUT2D eigenvalue weighted by Gasteiger charge is -2.20. The largest absolute Gasteiger partial charge is 0.307 e. The van der Waals surface area contributed by atoms with E-state index in [0.717, 1.165) is 44.4 Å². The Morgan fingerprint density at radius 1 is 0.447 bits per heavy atom. The third-order valence-corrected chi connectivity index (χ3v) is 10.8. The molecular formula is C42H24N4S. The van der Waals surface area contributed by atoms with Gasteiger partial charge < -0.3 is 4.57 Å². The molecule has 0 atom stereocenters. The number of rotatable bonds is 2. The molecule has 218 valence electrons. The van der Waals surface area contributed by atoms with E-state index in [0.29, 0.717) is 5.95 Å². The number of hydrogen-bond acceptors (Lipinski definition) is 3. The minimum absolute atomic E-state index is 0.680. The molecule has 4 nitrogen and oxygen atoms in total. The first-order chi connectivity index (χ1) is 23.3. The zero-order valence-electron chi connectivity index (χ0n) is 25.1. The van der Waals surface area contributed by atoms with Crippen molar-refractivity contribution in [1.82, 2.24) is 19.1 Å². The van der Waals surface area contributed by atoms with Gasteiger partial charge >= 0.3 is 0 Å². The number of hydrogen-bond donors (Lipinski definition) is 0. The van der Waals surface area contributed by atoms with Crippen LogP contribution >= 0.6 is 11.8 Å². The zero-order chi connectivity index (χ0) is 30.6. The summed E-state index contributed by atoms with van der Waals surface area (Å²) in [7, 11) is 0. The van der Waals surface area contributed by atoms with Gasteiger partial charge in [0, 0.05) is 48.0 Å². The molecule has 0 aliphatic carbocycles. The molecule has 0 unspecified atom stereocenters. The van der Waals surface area contributed by atoms with Gasteiger partial charge in [-0.15, -0.1) is 0 Å². The van der Waals surface area contributed by atoms with Gasteiger partial charge in [-0.1, -0.05) is 115 Å². The van der Waals surface area contributed by atoms with Crippen LogP contribution in [0.1, 0.15) is 0 Å². The highest BCUT2D eigenvalue weighted by molar-refractivity contribution is 7.99. The lowest BCUT2D eigenvalue weighted by atomic mass is 10.0. The van der Waals surface area contributed by atoms with Crippen molar-refractivity contribution in [2.24, 2.45) is 0 Å². The summed E-state index contributed by atoms with van der Waals surface area (Å²) < 4.78 is 4.74. The highest BCUT2D eigenvalue weighted by Gasteiger charge is 2.26. The van der Waals surface area contributed by atoms with Crippen LogP contribution in [0, 0.1) is 0 Å². The van der Waals surface area contributed by atoms with Crippen molar-refractivity contribution >= 4 is 77.0 Å². The molecule has 11 rings (SSSR count). The van der Waals surface area contributed by atoms with Gasteiger partial charge in [-0.25, -0.2) is 9.97 Å². The Balaban J connectivity index is 1.37. The fourth-order valence-corrected chi connectivity index (χ4v) is 8.87. The Labute approximate surface area is 273 Å². The number of benzene rings is 7. The van der Waals surface area contributed by atoms with Crippen molar-refractivity contribution in [2.45, 2.75) is 9.79 Å². The van der Waals surface area contributed by atoms with Crippen LogP contribution < -0.4 is 0 Å². The highest BCUT2D eigenvalue weighted by Crippen LogP contribution is 2.48. The van der Waals surface area contributed by atoms with Crippen molar-refractivity contribution in [2.75, 3.05) is 0 Å². The third-order valence-electron chi connectivity index (χ3n) is 9.70. The van der Waals surface area contributed by atoms with Gasteiger partial charge in [0.15, 0.2) is 0 Å². The number of fused-ring (bicyclic) bond motifs is 11. The van der Waals surface area contributed by atoms with Crippen LogP contribution in [0.2, 0.25) is 0 Å². The molecule has 0 fully saturated rings. The average molecular weight is 617 g/mol. The smallest absolute Gasteiger partial charge is 0.235 e. The van der Waals surface area contributed by atoms with Gasteiger partial charge in [0.25, 0.3) is 0 Å². The highest BCUT2D eigenvalue weighted by atomic mass is 32.2. The van der Waals surface area contributed by atoms with Gasteiger partial charge in [-0.05, 0) is 53.2 Å². The summed E-state index contributed by atoms with van der Waals surface area (Å²) in [6.45, 7) is 0. The average Bonchev–Trinajstić information content (AvgIpc) is 3.65. The topological polar surface area (TPSA) is 35.6 Å². The fourth-order valence-electron chi connectivity index (χ4n) is 7.76. The Morgan fingerprint density at radius 2 is 1.19 bits per heavy atom. The van der Waals surface area contributed by atoms with E-state index in [2.05, 4.69) is 155 Å². The molecule has 0 amide bonds. The van der Waals surface area contributed by atoms with Gasteiger partial charge in [-0.2, -0.15) is 0 Å².